The predicted octanol–water partition coefficient (Wildman–Crippen LogP) is 1.84. The predicted molar refractivity (Wildman–Crippen MR) is 99.5 cm³/mol. The monoisotopic (exact) mass is 385 g/mol. The Kier molecular flexibility index (Phi) is 5.12. The Balaban J connectivity index is 1.29. The van der Waals surface area contributed by atoms with Gasteiger partial charge in [-0.15, -0.1) is 0 Å². The van der Waals surface area contributed by atoms with E-state index < -0.39 is 17.6 Å². The highest BCUT2D eigenvalue weighted by molar-refractivity contribution is 6.39. The number of carbonyl (C=O) groups is 2. The van der Waals surface area contributed by atoms with Gasteiger partial charge in [0.05, 0.1) is 5.69 Å². The summed E-state index contributed by atoms with van der Waals surface area (Å²) in [5, 5.41) is 2.34. The Hall–Kier alpha value is -3.13. The van der Waals surface area contributed by atoms with E-state index in [9.17, 15) is 14.0 Å². The molecule has 8 heteroatoms. The molecule has 0 atom stereocenters. The summed E-state index contributed by atoms with van der Waals surface area (Å²) >= 11 is 0. The topological polar surface area (TPSA) is 71.1 Å². The van der Waals surface area contributed by atoms with Crippen molar-refractivity contribution in [2.75, 3.05) is 38.3 Å². The lowest BCUT2D eigenvalue weighted by molar-refractivity contribution is -0.144. The zero-order chi connectivity index (χ0) is 19.5. The molecule has 2 heterocycles. The van der Waals surface area contributed by atoms with Gasteiger partial charge >= 0.3 is 11.8 Å². The number of amides is 2. The molecule has 0 bridgehead atoms. The normalized spacial score (nSPS) is 16.1. The van der Waals surface area contributed by atoms with Crippen LogP contribution in [0.1, 0.15) is 5.56 Å². The third-order valence-electron chi connectivity index (χ3n) is 4.82. The van der Waals surface area contributed by atoms with Gasteiger partial charge < -0.3 is 19.7 Å². The molecule has 0 saturated carbocycles. The molecule has 0 radical (unpaired) electrons. The third-order valence-corrected chi connectivity index (χ3v) is 4.82. The number of halogens is 1. The van der Waals surface area contributed by atoms with Gasteiger partial charge in [-0.25, -0.2) is 4.39 Å². The number of nitrogens with zero attached hydrogens (tertiary/aromatic N) is 2. The van der Waals surface area contributed by atoms with Crippen molar-refractivity contribution in [1.29, 1.82) is 0 Å². The van der Waals surface area contributed by atoms with Crippen LogP contribution in [0.15, 0.2) is 42.5 Å². The molecule has 0 aromatic heterocycles. The number of anilines is 1. The highest BCUT2D eigenvalue weighted by atomic mass is 19.1. The Bertz CT molecular complexity index is 897. The van der Waals surface area contributed by atoms with Gasteiger partial charge in [0, 0.05) is 32.7 Å². The molecule has 2 aromatic rings. The van der Waals surface area contributed by atoms with E-state index in [-0.39, 0.29) is 12.5 Å². The second kappa shape index (κ2) is 7.85. The number of benzene rings is 2. The number of para-hydroxylation sites is 1. The highest BCUT2D eigenvalue weighted by Gasteiger charge is 2.26. The van der Waals surface area contributed by atoms with Crippen LogP contribution in [0.3, 0.4) is 0 Å². The number of carbonyl (C=O) groups excluding carboxylic acids is 2. The van der Waals surface area contributed by atoms with Crippen molar-refractivity contribution in [2.24, 2.45) is 0 Å². The van der Waals surface area contributed by atoms with Crippen molar-refractivity contribution in [1.82, 2.24) is 9.80 Å². The van der Waals surface area contributed by atoms with E-state index in [2.05, 4.69) is 10.2 Å². The van der Waals surface area contributed by atoms with Crippen molar-refractivity contribution in [2.45, 2.75) is 6.54 Å². The number of piperazine rings is 1. The van der Waals surface area contributed by atoms with Crippen LogP contribution in [0.5, 0.6) is 11.5 Å². The quantitative estimate of drug-likeness (QED) is 0.817. The van der Waals surface area contributed by atoms with Crippen LogP contribution in [0.4, 0.5) is 10.1 Å². The molecule has 146 valence electrons. The van der Waals surface area contributed by atoms with Gasteiger partial charge in [-0.2, -0.15) is 0 Å². The molecule has 4 rings (SSSR count). The Morgan fingerprint density at radius 1 is 1.00 bits per heavy atom. The van der Waals surface area contributed by atoms with Gasteiger partial charge in [-0.05, 0) is 29.8 Å². The minimum absolute atomic E-state index is 0.00212. The van der Waals surface area contributed by atoms with Crippen LogP contribution in [0, 0.1) is 5.82 Å². The molecule has 2 aliphatic heterocycles. The van der Waals surface area contributed by atoms with Crippen LogP contribution >= 0.6 is 0 Å². The van der Waals surface area contributed by atoms with Gasteiger partial charge in [-0.1, -0.05) is 18.2 Å². The average molecular weight is 385 g/mol. The first kappa shape index (κ1) is 18.2. The van der Waals surface area contributed by atoms with Crippen molar-refractivity contribution in [3.8, 4) is 11.5 Å². The molecule has 1 fully saturated rings. The lowest BCUT2D eigenvalue weighted by Crippen LogP contribution is -2.51. The second-order valence-corrected chi connectivity index (χ2v) is 6.69. The summed E-state index contributed by atoms with van der Waals surface area (Å²) in [4.78, 5) is 28.2. The van der Waals surface area contributed by atoms with Crippen molar-refractivity contribution >= 4 is 17.5 Å². The molecule has 1 N–H and O–H groups in total. The fraction of sp³-hybridized carbons (Fsp3) is 0.300. The summed E-state index contributed by atoms with van der Waals surface area (Å²) in [5.41, 5.74) is 1.10. The summed E-state index contributed by atoms with van der Waals surface area (Å²) in [6, 6.07) is 11.6. The fourth-order valence-corrected chi connectivity index (χ4v) is 3.29. The van der Waals surface area contributed by atoms with Gasteiger partial charge in [0.1, 0.15) is 5.82 Å². The summed E-state index contributed by atoms with van der Waals surface area (Å²) in [5.74, 6) is -0.548. The summed E-state index contributed by atoms with van der Waals surface area (Å²) < 4.78 is 24.3. The van der Waals surface area contributed by atoms with Crippen molar-refractivity contribution in [3.63, 3.8) is 0 Å². The Labute approximate surface area is 161 Å². The second-order valence-electron chi connectivity index (χ2n) is 6.69. The smallest absolute Gasteiger partial charge is 0.313 e. The minimum Gasteiger partial charge on any atom is -0.454 e. The zero-order valence-corrected chi connectivity index (χ0v) is 15.2. The maximum Gasteiger partial charge on any atom is 0.313 e. The molecular formula is C20H20FN3O4. The number of hydrogen-bond donors (Lipinski definition) is 1. The molecule has 1 saturated heterocycles. The molecule has 2 aliphatic rings. The maximum absolute atomic E-state index is 13.6. The summed E-state index contributed by atoms with van der Waals surface area (Å²) in [6.45, 7) is 3.14. The van der Waals surface area contributed by atoms with Gasteiger partial charge in [0.15, 0.2) is 11.5 Å². The molecule has 28 heavy (non-hydrogen) atoms. The van der Waals surface area contributed by atoms with E-state index in [4.69, 9.17) is 9.47 Å². The van der Waals surface area contributed by atoms with E-state index in [0.29, 0.717) is 26.2 Å². The summed E-state index contributed by atoms with van der Waals surface area (Å²) in [7, 11) is 0. The first-order valence-electron chi connectivity index (χ1n) is 9.06. The van der Waals surface area contributed by atoms with E-state index in [0.717, 1.165) is 23.6 Å². The number of fused-ring (bicyclic) bond motifs is 1. The molecule has 7 nitrogen and oxygen atoms in total. The van der Waals surface area contributed by atoms with E-state index in [1.54, 1.807) is 6.07 Å². The lowest BCUT2D eigenvalue weighted by atomic mass is 10.1. The Morgan fingerprint density at radius 3 is 2.54 bits per heavy atom. The van der Waals surface area contributed by atoms with E-state index in [1.807, 2.05) is 18.2 Å². The van der Waals surface area contributed by atoms with Crippen LogP contribution in [-0.4, -0.2) is 54.6 Å². The minimum atomic E-state index is -0.825. The highest BCUT2D eigenvalue weighted by Crippen LogP contribution is 2.32. The standard InChI is InChI=1S/C20H20FN3O4/c21-15-3-1-2-4-16(15)22-19(25)20(26)24-9-7-23(8-10-24)12-14-5-6-17-18(11-14)28-13-27-17/h1-6,11H,7-10,12-13H2,(H,22,25). The van der Waals surface area contributed by atoms with Crippen LogP contribution in [0.25, 0.3) is 0 Å². The summed E-state index contributed by atoms with van der Waals surface area (Å²) in [6.07, 6.45) is 0. The van der Waals surface area contributed by atoms with Gasteiger partial charge in [-0.3, -0.25) is 14.5 Å². The number of ether oxygens (including phenoxy) is 2. The number of hydrogen-bond acceptors (Lipinski definition) is 5. The van der Waals surface area contributed by atoms with Crippen LogP contribution in [0.2, 0.25) is 0 Å². The lowest BCUT2D eigenvalue weighted by Gasteiger charge is -2.34. The SMILES string of the molecule is O=C(Nc1ccccc1F)C(=O)N1CCN(Cc2ccc3c(c2)OCO3)CC1. The zero-order valence-electron chi connectivity index (χ0n) is 15.2. The molecular weight excluding hydrogens is 365 g/mol. The maximum atomic E-state index is 13.6. The molecule has 0 spiro atoms. The first-order valence-corrected chi connectivity index (χ1v) is 9.06. The largest absolute Gasteiger partial charge is 0.454 e. The molecule has 0 aliphatic carbocycles. The van der Waals surface area contributed by atoms with E-state index >= 15 is 0 Å². The average Bonchev–Trinajstić information content (AvgIpc) is 3.17. The Morgan fingerprint density at radius 2 is 1.75 bits per heavy atom. The van der Waals surface area contributed by atoms with Crippen LogP contribution in [-0.2, 0) is 16.1 Å². The molecule has 2 amide bonds. The first-order chi connectivity index (χ1) is 13.6. The van der Waals surface area contributed by atoms with Gasteiger partial charge in [0.2, 0.25) is 6.79 Å². The molecule has 2 aromatic carbocycles. The fourth-order valence-electron chi connectivity index (χ4n) is 3.29. The molecule has 0 unspecified atom stereocenters. The van der Waals surface area contributed by atoms with Gasteiger partial charge in [0.25, 0.3) is 0 Å². The van der Waals surface area contributed by atoms with E-state index in [1.165, 1.54) is 23.1 Å². The number of rotatable bonds is 3. The van der Waals surface area contributed by atoms with Crippen LogP contribution < -0.4 is 14.8 Å². The van der Waals surface area contributed by atoms with Crippen molar-refractivity contribution in [3.05, 3.63) is 53.8 Å². The number of nitrogens with one attached hydrogen (secondary N) is 1. The third kappa shape index (κ3) is 3.91. The van der Waals surface area contributed by atoms with Crippen molar-refractivity contribution < 1.29 is 23.5 Å².